The minimum atomic E-state index is -0.269. The molecule has 0 atom stereocenters. The molecule has 3 aromatic rings. The molecule has 3 rings (SSSR count). The zero-order chi connectivity index (χ0) is 19.8. The SMILES string of the molecule is CCCCCCOc1ccc2c(ccc3cc(OCCCCC)ccc32)c1F. The number of ether oxygens (including phenoxy) is 2. The first-order valence-electron chi connectivity index (χ1n) is 10.6. The Balaban J connectivity index is 1.77. The number of unbranched alkanes of at least 4 members (excludes halogenated alkanes) is 5. The minimum absolute atomic E-state index is 0.269. The molecule has 0 spiro atoms. The van der Waals surface area contributed by atoms with Gasteiger partial charge in [-0.15, -0.1) is 0 Å². The van der Waals surface area contributed by atoms with E-state index in [1.165, 1.54) is 25.7 Å². The second-order valence-electron chi connectivity index (χ2n) is 7.39. The predicted molar refractivity (Wildman–Crippen MR) is 116 cm³/mol. The van der Waals surface area contributed by atoms with Crippen LogP contribution in [0.5, 0.6) is 11.5 Å². The number of fused-ring (bicyclic) bond motifs is 3. The molecule has 0 amide bonds. The largest absolute Gasteiger partial charge is 0.494 e. The maximum Gasteiger partial charge on any atom is 0.172 e. The van der Waals surface area contributed by atoms with E-state index < -0.39 is 0 Å². The molecule has 0 fully saturated rings. The van der Waals surface area contributed by atoms with Gasteiger partial charge < -0.3 is 9.47 Å². The van der Waals surface area contributed by atoms with E-state index in [0.717, 1.165) is 47.8 Å². The van der Waals surface area contributed by atoms with Crippen LogP contribution in [0.1, 0.15) is 58.8 Å². The van der Waals surface area contributed by atoms with Crippen LogP contribution >= 0.6 is 0 Å². The molecule has 0 bridgehead atoms. The molecule has 0 radical (unpaired) electrons. The summed E-state index contributed by atoms with van der Waals surface area (Å²) in [5.41, 5.74) is 0. The van der Waals surface area contributed by atoms with E-state index in [0.29, 0.717) is 17.7 Å². The van der Waals surface area contributed by atoms with E-state index in [1.807, 2.05) is 36.4 Å². The lowest BCUT2D eigenvalue weighted by Crippen LogP contribution is -2.00. The smallest absolute Gasteiger partial charge is 0.172 e. The molecule has 0 saturated heterocycles. The van der Waals surface area contributed by atoms with Crippen molar-refractivity contribution in [3.8, 4) is 11.5 Å². The van der Waals surface area contributed by atoms with E-state index in [1.54, 1.807) is 6.07 Å². The van der Waals surface area contributed by atoms with Gasteiger partial charge in [-0.05, 0) is 53.3 Å². The molecular formula is C25H31FO2. The van der Waals surface area contributed by atoms with Crippen LogP contribution in [-0.2, 0) is 0 Å². The van der Waals surface area contributed by atoms with Gasteiger partial charge in [0, 0.05) is 5.39 Å². The standard InChI is InChI=1S/C25H31FO2/c1-3-5-7-9-17-28-24-15-14-22-21-13-11-20(27-16-8-6-4-2)18-19(21)10-12-23(22)25(24)26/h10-15,18H,3-9,16-17H2,1-2H3. The summed E-state index contributed by atoms with van der Waals surface area (Å²) in [6, 6.07) is 13.6. The molecule has 0 saturated carbocycles. The van der Waals surface area contributed by atoms with E-state index in [2.05, 4.69) is 13.8 Å². The summed E-state index contributed by atoms with van der Waals surface area (Å²) in [4.78, 5) is 0. The van der Waals surface area contributed by atoms with Crippen LogP contribution in [0, 0.1) is 5.82 Å². The van der Waals surface area contributed by atoms with Gasteiger partial charge in [0.05, 0.1) is 13.2 Å². The molecule has 2 nitrogen and oxygen atoms in total. The maximum absolute atomic E-state index is 14.9. The molecule has 3 aromatic carbocycles. The number of hydrogen-bond acceptors (Lipinski definition) is 2. The first-order chi connectivity index (χ1) is 13.7. The lowest BCUT2D eigenvalue weighted by Gasteiger charge is -2.12. The summed E-state index contributed by atoms with van der Waals surface area (Å²) in [6.07, 6.45) is 7.90. The fourth-order valence-corrected chi connectivity index (χ4v) is 3.52. The molecule has 0 unspecified atom stereocenters. The third-order valence-corrected chi connectivity index (χ3v) is 5.16. The van der Waals surface area contributed by atoms with Gasteiger partial charge in [-0.3, -0.25) is 0 Å². The molecule has 0 N–H and O–H groups in total. The molecule has 3 heteroatoms. The second-order valence-corrected chi connectivity index (χ2v) is 7.39. The van der Waals surface area contributed by atoms with Crippen molar-refractivity contribution in [2.24, 2.45) is 0 Å². The Labute approximate surface area is 167 Å². The summed E-state index contributed by atoms with van der Waals surface area (Å²) < 4.78 is 26.5. The molecule has 0 aliphatic carbocycles. The van der Waals surface area contributed by atoms with Crippen molar-refractivity contribution >= 4 is 21.5 Å². The Morgan fingerprint density at radius 3 is 2.18 bits per heavy atom. The average molecular weight is 383 g/mol. The van der Waals surface area contributed by atoms with Gasteiger partial charge in [-0.1, -0.05) is 64.2 Å². The normalized spacial score (nSPS) is 11.2. The van der Waals surface area contributed by atoms with E-state index >= 15 is 0 Å². The third-order valence-electron chi connectivity index (χ3n) is 5.16. The topological polar surface area (TPSA) is 18.5 Å². The fraction of sp³-hybridized carbons (Fsp3) is 0.440. The van der Waals surface area contributed by atoms with Crippen LogP contribution in [0.15, 0.2) is 42.5 Å². The van der Waals surface area contributed by atoms with Gasteiger partial charge in [0.25, 0.3) is 0 Å². The predicted octanol–water partition coefficient (Wildman–Crippen LogP) is 7.66. The Bertz CT molecular complexity index is 904. The first kappa shape index (κ1) is 20.4. The van der Waals surface area contributed by atoms with Crippen molar-refractivity contribution in [3.63, 3.8) is 0 Å². The molecule has 0 aromatic heterocycles. The van der Waals surface area contributed by atoms with Gasteiger partial charge in [-0.25, -0.2) is 4.39 Å². The Morgan fingerprint density at radius 1 is 0.679 bits per heavy atom. The Morgan fingerprint density at radius 2 is 1.36 bits per heavy atom. The molecule has 0 aliphatic heterocycles. The summed E-state index contributed by atoms with van der Waals surface area (Å²) in [6.45, 7) is 5.66. The summed E-state index contributed by atoms with van der Waals surface area (Å²) in [5.74, 6) is 0.949. The van der Waals surface area contributed by atoms with Crippen LogP contribution in [-0.4, -0.2) is 13.2 Å². The number of rotatable bonds is 11. The van der Waals surface area contributed by atoms with Crippen molar-refractivity contribution in [1.29, 1.82) is 0 Å². The Kier molecular flexibility index (Phi) is 7.53. The first-order valence-corrected chi connectivity index (χ1v) is 10.6. The van der Waals surface area contributed by atoms with Gasteiger partial charge in [0.15, 0.2) is 11.6 Å². The highest BCUT2D eigenvalue weighted by molar-refractivity contribution is 6.08. The van der Waals surface area contributed by atoms with Crippen molar-refractivity contribution in [1.82, 2.24) is 0 Å². The highest BCUT2D eigenvalue weighted by atomic mass is 19.1. The zero-order valence-electron chi connectivity index (χ0n) is 17.1. The van der Waals surface area contributed by atoms with Crippen molar-refractivity contribution in [3.05, 3.63) is 48.3 Å². The third kappa shape index (κ3) is 4.95. The molecule has 150 valence electrons. The van der Waals surface area contributed by atoms with Crippen LogP contribution < -0.4 is 9.47 Å². The molecule has 0 aliphatic rings. The second kappa shape index (κ2) is 10.3. The summed E-state index contributed by atoms with van der Waals surface area (Å²) in [7, 11) is 0. The summed E-state index contributed by atoms with van der Waals surface area (Å²) in [5, 5.41) is 3.61. The van der Waals surface area contributed by atoms with Crippen LogP contribution in [0.2, 0.25) is 0 Å². The van der Waals surface area contributed by atoms with Crippen LogP contribution in [0.25, 0.3) is 21.5 Å². The highest BCUT2D eigenvalue weighted by Gasteiger charge is 2.11. The van der Waals surface area contributed by atoms with E-state index in [4.69, 9.17) is 9.47 Å². The van der Waals surface area contributed by atoms with Gasteiger partial charge >= 0.3 is 0 Å². The lowest BCUT2D eigenvalue weighted by atomic mass is 10.0. The monoisotopic (exact) mass is 382 g/mol. The molecule has 0 heterocycles. The zero-order valence-corrected chi connectivity index (χ0v) is 17.1. The maximum atomic E-state index is 14.9. The quantitative estimate of drug-likeness (QED) is 0.250. The van der Waals surface area contributed by atoms with Gasteiger partial charge in [0.2, 0.25) is 0 Å². The van der Waals surface area contributed by atoms with Crippen molar-refractivity contribution in [2.75, 3.05) is 13.2 Å². The molecule has 28 heavy (non-hydrogen) atoms. The number of hydrogen-bond donors (Lipinski definition) is 0. The van der Waals surface area contributed by atoms with Gasteiger partial charge in [0.1, 0.15) is 5.75 Å². The van der Waals surface area contributed by atoms with Crippen molar-refractivity contribution in [2.45, 2.75) is 58.8 Å². The average Bonchev–Trinajstić information content (AvgIpc) is 2.72. The van der Waals surface area contributed by atoms with Gasteiger partial charge in [-0.2, -0.15) is 0 Å². The summed E-state index contributed by atoms with van der Waals surface area (Å²) >= 11 is 0. The van der Waals surface area contributed by atoms with E-state index in [-0.39, 0.29) is 5.82 Å². The highest BCUT2D eigenvalue weighted by Crippen LogP contribution is 2.33. The minimum Gasteiger partial charge on any atom is -0.494 e. The molecular weight excluding hydrogens is 351 g/mol. The number of benzene rings is 3. The number of halogens is 1. The van der Waals surface area contributed by atoms with Crippen LogP contribution in [0.3, 0.4) is 0 Å². The fourth-order valence-electron chi connectivity index (χ4n) is 3.52. The lowest BCUT2D eigenvalue weighted by molar-refractivity contribution is 0.292. The van der Waals surface area contributed by atoms with Crippen molar-refractivity contribution < 1.29 is 13.9 Å². The van der Waals surface area contributed by atoms with Crippen LogP contribution in [0.4, 0.5) is 4.39 Å². The Hall–Kier alpha value is -2.29. The van der Waals surface area contributed by atoms with E-state index in [9.17, 15) is 4.39 Å².